The summed E-state index contributed by atoms with van der Waals surface area (Å²) in [6, 6.07) is 32.8. The van der Waals surface area contributed by atoms with E-state index in [4.69, 9.17) is 4.42 Å². The average Bonchev–Trinajstić information content (AvgIpc) is 3.55. The molecule has 0 amide bonds. The van der Waals surface area contributed by atoms with Gasteiger partial charge in [-0.05, 0) is 59.9 Å². The number of hydrogen-bond donors (Lipinski definition) is 0. The normalized spacial score (nSPS) is 10.8. The molecule has 0 unspecified atom stereocenters. The Morgan fingerprint density at radius 1 is 0.730 bits per heavy atom. The van der Waals surface area contributed by atoms with Crippen molar-refractivity contribution in [3.8, 4) is 22.5 Å². The van der Waals surface area contributed by atoms with Crippen LogP contribution in [0.4, 0.5) is 0 Å². The van der Waals surface area contributed by atoms with Crippen LogP contribution in [0, 0.1) is 26.0 Å². The van der Waals surface area contributed by atoms with Crippen molar-refractivity contribution in [1.82, 2.24) is 9.97 Å². The molecule has 0 fully saturated rings. The van der Waals surface area contributed by atoms with E-state index in [0.29, 0.717) is 0 Å². The van der Waals surface area contributed by atoms with Gasteiger partial charge >= 0.3 is 0 Å². The minimum Gasteiger partial charge on any atom is -0.501 e. The summed E-state index contributed by atoms with van der Waals surface area (Å²) in [6.45, 7) is 4.07. The Labute approximate surface area is 233 Å². The van der Waals surface area contributed by atoms with Gasteiger partial charge in [-0.25, -0.2) is 0 Å². The summed E-state index contributed by atoms with van der Waals surface area (Å²) in [4.78, 5) is 8.85. The van der Waals surface area contributed by atoms with Crippen LogP contribution in [-0.4, -0.2) is 9.97 Å². The molecule has 0 spiro atoms. The van der Waals surface area contributed by atoms with Crippen LogP contribution in [0.15, 0.2) is 101 Å². The Hall–Kier alpha value is -3.63. The Morgan fingerprint density at radius 2 is 1.51 bits per heavy atom. The van der Waals surface area contributed by atoms with Crippen molar-refractivity contribution in [3.63, 3.8) is 0 Å². The molecule has 3 nitrogen and oxygen atoms in total. The maximum absolute atomic E-state index is 6.18. The van der Waals surface area contributed by atoms with E-state index in [2.05, 4.69) is 63.9 Å². The zero-order valence-electron chi connectivity index (χ0n) is 20.3. The van der Waals surface area contributed by atoms with Crippen molar-refractivity contribution in [2.45, 2.75) is 13.8 Å². The SMILES string of the molecule is Cc1ccc(-c2[c-]ccc3c2oc2ccc4sccc4c23)nc1.Cc1ccc(-c2[c-]cccc2)nc1.[Ir]. The van der Waals surface area contributed by atoms with Crippen LogP contribution in [0.1, 0.15) is 11.1 Å². The molecule has 0 atom stereocenters. The number of benzene rings is 3. The fourth-order valence-corrected chi connectivity index (χ4v) is 5.06. The molecule has 0 N–H and O–H groups in total. The number of hydrogen-bond acceptors (Lipinski definition) is 4. The molecule has 0 saturated heterocycles. The largest absolute Gasteiger partial charge is 0.501 e. The molecule has 7 rings (SSSR count). The molecule has 4 aromatic heterocycles. The molecule has 1 radical (unpaired) electrons. The second kappa shape index (κ2) is 10.8. The molecule has 4 heterocycles. The third-order valence-electron chi connectivity index (χ3n) is 6.09. The first-order valence-electron chi connectivity index (χ1n) is 11.7. The topological polar surface area (TPSA) is 38.9 Å². The monoisotopic (exact) mass is 675 g/mol. The first-order valence-corrected chi connectivity index (χ1v) is 12.6. The van der Waals surface area contributed by atoms with Crippen LogP contribution in [0.2, 0.25) is 0 Å². The van der Waals surface area contributed by atoms with Gasteiger partial charge in [-0.1, -0.05) is 35.2 Å². The summed E-state index contributed by atoms with van der Waals surface area (Å²) in [6.07, 6.45) is 3.75. The van der Waals surface area contributed by atoms with E-state index in [9.17, 15) is 0 Å². The maximum atomic E-state index is 6.18. The van der Waals surface area contributed by atoms with Crippen LogP contribution < -0.4 is 0 Å². The molecule has 0 aliphatic carbocycles. The Kier molecular flexibility index (Phi) is 7.29. The molecule has 183 valence electrons. The number of pyridine rings is 2. The molecule has 0 aliphatic rings. The van der Waals surface area contributed by atoms with Gasteiger partial charge in [0.2, 0.25) is 0 Å². The smallest absolute Gasteiger partial charge is 0.121 e. The third-order valence-corrected chi connectivity index (χ3v) is 6.97. The molecule has 0 aliphatic heterocycles. The van der Waals surface area contributed by atoms with E-state index >= 15 is 0 Å². The van der Waals surface area contributed by atoms with E-state index in [1.807, 2.05) is 68.7 Å². The average molecular weight is 675 g/mol. The molecule has 5 heteroatoms. The maximum Gasteiger partial charge on any atom is 0.121 e. The standard InChI is InChI=1S/C20H12NOS.C12H10N.Ir/c1-12-5-6-16(21-11-12)13-3-2-4-15-19-14-9-10-23-18(14)8-7-17(19)22-20(13)15;1-10-7-8-12(13-9-10)11-5-3-2-4-6-11;/h2,4-11H,1H3;2-5,7-9H,1H3;/q2*-1;. The van der Waals surface area contributed by atoms with Crippen molar-refractivity contribution in [1.29, 1.82) is 0 Å². The predicted molar refractivity (Wildman–Crippen MR) is 149 cm³/mol. The van der Waals surface area contributed by atoms with Gasteiger partial charge in [-0.2, -0.15) is 0 Å². The van der Waals surface area contributed by atoms with E-state index in [1.165, 1.54) is 21.0 Å². The molecule has 37 heavy (non-hydrogen) atoms. The summed E-state index contributed by atoms with van der Waals surface area (Å²) < 4.78 is 7.46. The minimum atomic E-state index is 0. The first-order chi connectivity index (χ1) is 17.7. The molecular weight excluding hydrogens is 653 g/mol. The van der Waals surface area contributed by atoms with Gasteiger partial charge in [-0.3, -0.25) is 0 Å². The summed E-state index contributed by atoms with van der Waals surface area (Å²) in [5.41, 5.74) is 7.93. The van der Waals surface area contributed by atoms with Crippen LogP contribution in [-0.2, 0) is 20.1 Å². The Morgan fingerprint density at radius 3 is 2.22 bits per heavy atom. The number of furan rings is 1. The van der Waals surface area contributed by atoms with Crippen molar-refractivity contribution in [2.24, 2.45) is 0 Å². The second-order valence-electron chi connectivity index (χ2n) is 8.69. The van der Waals surface area contributed by atoms with E-state index in [0.717, 1.165) is 44.6 Å². The number of aryl methyl sites for hydroxylation is 2. The zero-order valence-corrected chi connectivity index (χ0v) is 23.5. The summed E-state index contributed by atoms with van der Waals surface area (Å²) in [5.74, 6) is 0. The van der Waals surface area contributed by atoms with Crippen LogP contribution in [0.5, 0.6) is 0 Å². The number of nitrogens with zero attached hydrogens (tertiary/aromatic N) is 2. The van der Waals surface area contributed by atoms with Crippen LogP contribution >= 0.6 is 11.3 Å². The number of aromatic nitrogens is 2. The van der Waals surface area contributed by atoms with Gasteiger partial charge in [-0.15, -0.1) is 65.4 Å². The van der Waals surface area contributed by atoms with Gasteiger partial charge in [0.1, 0.15) is 5.58 Å². The number of rotatable bonds is 2. The fraction of sp³-hybridized carbons (Fsp3) is 0.0625. The molecule has 7 aromatic rings. The summed E-state index contributed by atoms with van der Waals surface area (Å²) >= 11 is 1.75. The Balaban J connectivity index is 0.000000172. The van der Waals surface area contributed by atoms with E-state index in [1.54, 1.807) is 11.3 Å². The van der Waals surface area contributed by atoms with Crippen molar-refractivity contribution < 1.29 is 24.5 Å². The summed E-state index contributed by atoms with van der Waals surface area (Å²) in [7, 11) is 0. The molecular formula is C32H22IrN2OS-2. The van der Waals surface area contributed by atoms with Gasteiger partial charge in [0.25, 0.3) is 0 Å². The van der Waals surface area contributed by atoms with E-state index < -0.39 is 0 Å². The molecule has 3 aromatic carbocycles. The third kappa shape index (κ3) is 4.99. The van der Waals surface area contributed by atoms with Crippen molar-refractivity contribution in [2.75, 3.05) is 0 Å². The fourth-order valence-electron chi connectivity index (χ4n) is 4.27. The van der Waals surface area contributed by atoms with Crippen LogP contribution in [0.3, 0.4) is 0 Å². The van der Waals surface area contributed by atoms with Gasteiger partial charge < -0.3 is 14.4 Å². The Bertz CT molecular complexity index is 1790. The predicted octanol–water partition coefficient (Wildman–Crippen LogP) is 8.83. The van der Waals surface area contributed by atoms with Gasteiger partial charge in [0.05, 0.1) is 5.58 Å². The molecule has 0 bridgehead atoms. The minimum absolute atomic E-state index is 0. The second-order valence-corrected chi connectivity index (χ2v) is 9.63. The number of thiophene rings is 1. The first kappa shape index (κ1) is 25.0. The van der Waals surface area contributed by atoms with Gasteiger partial charge in [0, 0.05) is 48.0 Å². The molecule has 0 saturated carbocycles. The van der Waals surface area contributed by atoms with Crippen LogP contribution in [0.25, 0.3) is 54.5 Å². The number of fused-ring (bicyclic) bond motifs is 5. The van der Waals surface area contributed by atoms with E-state index in [-0.39, 0.29) is 20.1 Å². The summed E-state index contributed by atoms with van der Waals surface area (Å²) in [5, 5.41) is 5.68. The quantitative estimate of drug-likeness (QED) is 0.172. The van der Waals surface area contributed by atoms with Gasteiger partial charge in [0.15, 0.2) is 0 Å². The van der Waals surface area contributed by atoms with Crippen molar-refractivity contribution in [3.05, 3.63) is 120 Å². The zero-order chi connectivity index (χ0) is 24.5. The van der Waals surface area contributed by atoms with Crippen molar-refractivity contribution >= 4 is 43.4 Å².